The van der Waals surface area contributed by atoms with Crippen LogP contribution in [0.15, 0.2) is 18.2 Å². The lowest BCUT2D eigenvalue weighted by Gasteiger charge is -2.22. The van der Waals surface area contributed by atoms with Crippen molar-refractivity contribution in [1.29, 1.82) is 0 Å². The van der Waals surface area contributed by atoms with Crippen molar-refractivity contribution in [2.75, 3.05) is 44.9 Å². The van der Waals surface area contributed by atoms with Crippen molar-refractivity contribution in [2.24, 2.45) is 0 Å². The molecule has 1 aromatic carbocycles. The number of nitrogens with two attached hydrogens (primary N) is 1. The Kier molecular flexibility index (Phi) is 5.15. The highest BCUT2D eigenvalue weighted by Crippen LogP contribution is 2.28. The van der Waals surface area contributed by atoms with Crippen molar-refractivity contribution in [2.45, 2.75) is 6.61 Å². The van der Waals surface area contributed by atoms with Crippen molar-refractivity contribution >= 4 is 11.4 Å². The minimum absolute atomic E-state index is 0.0132. The molecule has 0 atom stereocenters. The topological polar surface area (TPSA) is 41.7 Å². The maximum absolute atomic E-state index is 12.2. The second-order valence-electron chi connectivity index (χ2n) is 4.33. The minimum Gasteiger partial charge on any atom is -0.433 e. The third-order valence-corrected chi connectivity index (χ3v) is 2.54. The standard InChI is InChI=1S/C12H19F2N3O/c1-16(2)6-7-17(3)9-4-5-10(15)11(8-9)18-12(13)14/h4-5,8,12H,6-7,15H2,1-3H3. The van der Waals surface area contributed by atoms with Crippen LogP contribution in [0.2, 0.25) is 0 Å². The molecule has 0 spiro atoms. The molecule has 0 aromatic heterocycles. The second kappa shape index (κ2) is 6.39. The summed E-state index contributed by atoms with van der Waals surface area (Å²) in [6, 6.07) is 4.87. The molecule has 102 valence electrons. The fourth-order valence-electron chi connectivity index (χ4n) is 1.44. The van der Waals surface area contributed by atoms with E-state index >= 15 is 0 Å². The van der Waals surface area contributed by atoms with Gasteiger partial charge in [0.15, 0.2) is 5.75 Å². The number of anilines is 2. The Bertz CT molecular complexity index is 386. The molecule has 1 rings (SSSR count). The van der Waals surface area contributed by atoms with Crippen LogP contribution in [-0.2, 0) is 0 Å². The van der Waals surface area contributed by atoms with E-state index in [9.17, 15) is 8.78 Å². The zero-order chi connectivity index (χ0) is 13.7. The molecule has 0 fully saturated rings. The van der Waals surface area contributed by atoms with Gasteiger partial charge in [-0.2, -0.15) is 8.78 Å². The maximum atomic E-state index is 12.2. The summed E-state index contributed by atoms with van der Waals surface area (Å²) < 4.78 is 28.7. The molecule has 0 bridgehead atoms. The molecule has 0 amide bonds. The van der Waals surface area contributed by atoms with Crippen LogP contribution in [-0.4, -0.2) is 45.7 Å². The van der Waals surface area contributed by atoms with E-state index in [-0.39, 0.29) is 11.4 Å². The van der Waals surface area contributed by atoms with Gasteiger partial charge < -0.3 is 20.3 Å². The Hall–Kier alpha value is -1.56. The molecule has 0 aliphatic heterocycles. The number of likely N-dealkylation sites (N-methyl/N-ethyl adjacent to an activating group) is 2. The average Bonchev–Trinajstić information content (AvgIpc) is 2.28. The van der Waals surface area contributed by atoms with Gasteiger partial charge in [-0.25, -0.2) is 0 Å². The minimum atomic E-state index is -2.87. The highest BCUT2D eigenvalue weighted by molar-refractivity contribution is 5.62. The fourth-order valence-corrected chi connectivity index (χ4v) is 1.44. The maximum Gasteiger partial charge on any atom is 0.387 e. The van der Waals surface area contributed by atoms with Gasteiger partial charge in [-0.05, 0) is 26.2 Å². The first-order valence-corrected chi connectivity index (χ1v) is 5.60. The summed E-state index contributed by atoms with van der Waals surface area (Å²) in [5.41, 5.74) is 6.58. The van der Waals surface area contributed by atoms with E-state index in [1.54, 1.807) is 12.1 Å². The predicted molar refractivity (Wildman–Crippen MR) is 69.3 cm³/mol. The fraction of sp³-hybridized carbons (Fsp3) is 0.500. The molecule has 6 heteroatoms. The monoisotopic (exact) mass is 259 g/mol. The number of halogens is 2. The number of hydrogen-bond acceptors (Lipinski definition) is 4. The summed E-state index contributed by atoms with van der Waals surface area (Å²) in [5.74, 6) is 0.0132. The van der Waals surface area contributed by atoms with E-state index in [1.807, 2.05) is 30.9 Å². The van der Waals surface area contributed by atoms with Gasteiger partial charge in [0, 0.05) is 31.9 Å². The molecule has 0 saturated carbocycles. The summed E-state index contributed by atoms with van der Waals surface area (Å²) in [4.78, 5) is 4.00. The van der Waals surface area contributed by atoms with Crippen LogP contribution >= 0.6 is 0 Å². The van der Waals surface area contributed by atoms with Crippen LogP contribution in [0.1, 0.15) is 0 Å². The number of alkyl halides is 2. The van der Waals surface area contributed by atoms with Crippen molar-refractivity contribution in [3.63, 3.8) is 0 Å². The van der Waals surface area contributed by atoms with Gasteiger partial charge in [-0.1, -0.05) is 0 Å². The van der Waals surface area contributed by atoms with Crippen LogP contribution in [0.5, 0.6) is 5.75 Å². The van der Waals surface area contributed by atoms with Crippen LogP contribution in [0.3, 0.4) is 0 Å². The Balaban J connectivity index is 2.77. The Labute approximate surface area is 106 Å². The Morgan fingerprint density at radius 2 is 1.89 bits per heavy atom. The van der Waals surface area contributed by atoms with Crippen molar-refractivity contribution in [3.8, 4) is 5.75 Å². The molecule has 0 aliphatic carbocycles. The third-order valence-electron chi connectivity index (χ3n) is 2.54. The summed E-state index contributed by atoms with van der Waals surface area (Å²) in [6.45, 7) is -1.22. The molecule has 0 heterocycles. The van der Waals surface area contributed by atoms with E-state index in [0.717, 1.165) is 18.8 Å². The Morgan fingerprint density at radius 3 is 2.44 bits per heavy atom. The van der Waals surface area contributed by atoms with Crippen LogP contribution in [0.4, 0.5) is 20.2 Å². The molecule has 18 heavy (non-hydrogen) atoms. The van der Waals surface area contributed by atoms with E-state index in [0.29, 0.717) is 0 Å². The van der Waals surface area contributed by atoms with Gasteiger partial charge in [-0.3, -0.25) is 0 Å². The lowest BCUT2D eigenvalue weighted by molar-refractivity contribution is -0.0493. The zero-order valence-electron chi connectivity index (χ0n) is 10.9. The van der Waals surface area contributed by atoms with Crippen molar-refractivity contribution in [1.82, 2.24) is 4.90 Å². The van der Waals surface area contributed by atoms with Crippen LogP contribution < -0.4 is 15.4 Å². The molecule has 0 unspecified atom stereocenters. The normalized spacial score (nSPS) is 11.1. The van der Waals surface area contributed by atoms with E-state index in [4.69, 9.17) is 5.73 Å². The quantitative estimate of drug-likeness (QED) is 0.792. The molecule has 0 saturated heterocycles. The summed E-state index contributed by atoms with van der Waals surface area (Å²) in [7, 11) is 5.84. The van der Waals surface area contributed by atoms with Gasteiger partial charge in [0.1, 0.15) is 0 Å². The van der Waals surface area contributed by atoms with Crippen molar-refractivity contribution < 1.29 is 13.5 Å². The SMILES string of the molecule is CN(C)CCN(C)c1ccc(N)c(OC(F)F)c1. The number of hydrogen-bond donors (Lipinski definition) is 1. The first kappa shape index (κ1) is 14.5. The molecular weight excluding hydrogens is 240 g/mol. The lowest BCUT2D eigenvalue weighted by Crippen LogP contribution is -2.28. The van der Waals surface area contributed by atoms with E-state index < -0.39 is 6.61 Å². The number of nitrogens with zero attached hydrogens (tertiary/aromatic N) is 2. The number of ether oxygens (including phenoxy) is 1. The third kappa shape index (κ3) is 4.37. The van der Waals surface area contributed by atoms with Crippen LogP contribution in [0.25, 0.3) is 0 Å². The van der Waals surface area contributed by atoms with Gasteiger partial charge >= 0.3 is 6.61 Å². The molecule has 4 nitrogen and oxygen atoms in total. The highest BCUT2D eigenvalue weighted by Gasteiger charge is 2.10. The predicted octanol–water partition coefficient (Wildman–Crippen LogP) is 1.87. The Morgan fingerprint density at radius 1 is 1.22 bits per heavy atom. The van der Waals surface area contributed by atoms with Crippen molar-refractivity contribution in [3.05, 3.63) is 18.2 Å². The average molecular weight is 259 g/mol. The molecular formula is C12H19F2N3O. The highest BCUT2D eigenvalue weighted by atomic mass is 19.3. The molecule has 1 aromatic rings. The second-order valence-corrected chi connectivity index (χ2v) is 4.33. The van der Waals surface area contributed by atoms with E-state index in [2.05, 4.69) is 4.74 Å². The van der Waals surface area contributed by atoms with Gasteiger partial charge in [0.2, 0.25) is 0 Å². The molecule has 0 aliphatic rings. The molecule has 0 radical (unpaired) electrons. The number of rotatable bonds is 6. The summed E-state index contributed by atoms with van der Waals surface area (Å²) in [5, 5.41) is 0. The number of nitrogen functional groups attached to an aromatic ring is 1. The smallest absolute Gasteiger partial charge is 0.387 e. The number of benzene rings is 1. The van der Waals surface area contributed by atoms with Gasteiger partial charge in [-0.15, -0.1) is 0 Å². The zero-order valence-corrected chi connectivity index (χ0v) is 10.9. The molecule has 2 N–H and O–H groups in total. The van der Waals surface area contributed by atoms with Gasteiger partial charge in [0.25, 0.3) is 0 Å². The first-order chi connectivity index (χ1) is 8.40. The van der Waals surface area contributed by atoms with Crippen LogP contribution in [0, 0.1) is 0 Å². The lowest BCUT2D eigenvalue weighted by atomic mass is 10.2. The summed E-state index contributed by atoms with van der Waals surface area (Å²) in [6.07, 6.45) is 0. The van der Waals surface area contributed by atoms with Gasteiger partial charge in [0.05, 0.1) is 5.69 Å². The largest absolute Gasteiger partial charge is 0.433 e. The summed E-state index contributed by atoms with van der Waals surface area (Å²) >= 11 is 0. The first-order valence-electron chi connectivity index (χ1n) is 5.60. The van der Waals surface area contributed by atoms with E-state index in [1.165, 1.54) is 6.07 Å².